The molecule has 1 rings (SSSR count). The molecule has 0 aromatic heterocycles. The fraction of sp³-hybridized carbons (Fsp3) is 0.611. The van der Waals surface area contributed by atoms with E-state index in [1.807, 2.05) is 52.0 Å². The highest BCUT2D eigenvalue weighted by Crippen LogP contribution is 2.20. The lowest BCUT2D eigenvalue weighted by atomic mass is 9.87. The number of rotatable bonds is 8. The number of aliphatic hydroxyl groups excluding tert-OH is 1. The Balaban J connectivity index is 2.30. The van der Waals surface area contributed by atoms with Gasteiger partial charge in [0.2, 0.25) is 0 Å². The van der Waals surface area contributed by atoms with Crippen LogP contribution in [0.2, 0.25) is 0 Å². The molecule has 1 aromatic rings. The van der Waals surface area contributed by atoms with Crippen LogP contribution >= 0.6 is 0 Å². The second-order valence-corrected chi connectivity index (χ2v) is 7.03. The summed E-state index contributed by atoms with van der Waals surface area (Å²) in [6, 6.07) is 7.61. The molecule has 2 atom stereocenters. The van der Waals surface area contributed by atoms with E-state index in [0.29, 0.717) is 19.5 Å². The van der Waals surface area contributed by atoms with Crippen LogP contribution in [-0.4, -0.2) is 36.4 Å². The molecule has 2 unspecified atom stereocenters. The van der Waals surface area contributed by atoms with Crippen molar-refractivity contribution in [2.24, 2.45) is 5.41 Å². The minimum absolute atomic E-state index is 0.118. The third-order valence-electron chi connectivity index (χ3n) is 3.45. The van der Waals surface area contributed by atoms with Crippen LogP contribution in [0.4, 0.5) is 4.79 Å². The fourth-order valence-electron chi connectivity index (χ4n) is 2.45. The molecule has 3 N–H and O–H groups in total. The molecule has 5 nitrogen and oxygen atoms in total. The van der Waals surface area contributed by atoms with Crippen LogP contribution in [0.3, 0.4) is 0 Å². The highest BCUT2D eigenvalue weighted by atomic mass is 16.5. The van der Waals surface area contributed by atoms with Crippen LogP contribution in [0, 0.1) is 12.3 Å². The van der Waals surface area contributed by atoms with Crippen molar-refractivity contribution in [1.82, 2.24) is 10.6 Å². The number of amides is 2. The first kappa shape index (κ1) is 19.3. The molecule has 1 aromatic carbocycles. The van der Waals surface area contributed by atoms with Crippen LogP contribution in [0.25, 0.3) is 0 Å². The van der Waals surface area contributed by atoms with Gasteiger partial charge in [0.1, 0.15) is 11.9 Å². The first-order valence-corrected chi connectivity index (χ1v) is 8.11. The standard InChI is InChI=1S/C18H30N2O3/c1-13-7-6-8-16(9-13)23-15(3)11-19-17(22)20-12-18(4,5)10-14(2)21/h6-9,14-15,21H,10-12H2,1-5H3,(H2,19,20,22). The first-order valence-electron chi connectivity index (χ1n) is 8.11. The van der Waals surface area contributed by atoms with Gasteiger partial charge in [0.25, 0.3) is 0 Å². The smallest absolute Gasteiger partial charge is 0.314 e. The zero-order valence-corrected chi connectivity index (χ0v) is 14.8. The van der Waals surface area contributed by atoms with Crippen LogP contribution in [-0.2, 0) is 0 Å². The van der Waals surface area contributed by atoms with Gasteiger partial charge in [0.05, 0.1) is 12.6 Å². The van der Waals surface area contributed by atoms with Crippen molar-refractivity contribution in [1.29, 1.82) is 0 Å². The number of carbonyl (C=O) groups excluding carboxylic acids is 1. The van der Waals surface area contributed by atoms with E-state index in [0.717, 1.165) is 11.3 Å². The molecule has 0 aliphatic carbocycles. The van der Waals surface area contributed by atoms with Crippen molar-refractivity contribution in [2.75, 3.05) is 13.1 Å². The van der Waals surface area contributed by atoms with Crippen molar-refractivity contribution in [3.05, 3.63) is 29.8 Å². The number of hydrogen-bond acceptors (Lipinski definition) is 3. The molecule has 2 amide bonds. The summed E-state index contributed by atoms with van der Waals surface area (Å²) >= 11 is 0. The van der Waals surface area contributed by atoms with Gasteiger partial charge in [-0.1, -0.05) is 26.0 Å². The second-order valence-electron chi connectivity index (χ2n) is 7.03. The predicted molar refractivity (Wildman–Crippen MR) is 92.7 cm³/mol. The highest BCUT2D eigenvalue weighted by Gasteiger charge is 2.21. The maximum atomic E-state index is 11.8. The SMILES string of the molecule is Cc1cccc(OC(C)CNC(=O)NCC(C)(C)CC(C)O)c1. The summed E-state index contributed by atoms with van der Waals surface area (Å²) in [5.41, 5.74) is 0.996. The minimum Gasteiger partial charge on any atom is -0.489 e. The van der Waals surface area contributed by atoms with Crippen LogP contribution in [0.15, 0.2) is 24.3 Å². The average Bonchev–Trinajstić information content (AvgIpc) is 2.41. The molecule has 0 aliphatic heterocycles. The van der Waals surface area contributed by atoms with Crippen molar-refractivity contribution in [3.8, 4) is 5.75 Å². The van der Waals surface area contributed by atoms with Crippen molar-refractivity contribution < 1.29 is 14.6 Å². The quantitative estimate of drug-likeness (QED) is 0.689. The van der Waals surface area contributed by atoms with Crippen LogP contribution in [0.1, 0.15) is 39.7 Å². The number of aryl methyl sites for hydroxylation is 1. The third-order valence-corrected chi connectivity index (χ3v) is 3.45. The molecule has 0 saturated carbocycles. The van der Waals surface area contributed by atoms with Gasteiger partial charge in [0, 0.05) is 6.54 Å². The van der Waals surface area contributed by atoms with Crippen molar-refractivity contribution >= 4 is 6.03 Å². The van der Waals surface area contributed by atoms with Gasteiger partial charge in [-0.15, -0.1) is 0 Å². The average molecular weight is 322 g/mol. The summed E-state index contributed by atoms with van der Waals surface area (Å²) in [5, 5.41) is 15.1. The van der Waals surface area contributed by atoms with E-state index in [4.69, 9.17) is 4.74 Å². The number of carbonyl (C=O) groups is 1. The Bertz CT molecular complexity index is 501. The molecule has 0 bridgehead atoms. The Labute approximate surface area is 139 Å². The Hall–Kier alpha value is -1.75. The van der Waals surface area contributed by atoms with Gasteiger partial charge >= 0.3 is 6.03 Å². The van der Waals surface area contributed by atoms with Gasteiger partial charge in [-0.05, 0) is 50.3 Å². The van der Waals surface area contributed by atoms with Crippen molar-refractivity contribution in [3.63, 3.8) is 0 Å². The fourth-order valence-corrected chi connectivity index (χ4v) is 2.45. The molecule has 0 heterocycles. The van der Waals surface area contributed by atoms with Gasteiger partial charge in [-0.25, -0.2) is 4.79 Å². The largest absolute Gasteiger partial charge is 0.489 e. The van der Waals surface area contributed by atoms with Gasteiger partial charge in [0.15, 0.2) is 0 Å². The molecule has 0 spiro atoms. The maximum Gasteiger partial charge on any atom is 0.314 e. The van der Waals surface area contributed by atoms with E-state index in [2.05, 4.69) is 10.6 Å². The molecular weight excluding hydrogens is 292 g/mol. The molecule has 0 saturated heterocycles. The van der Waals surface area contributed by atoms with E-state index < -0.39 is 0 Å². The Morgan fingerprint density at radius 3 is 2.61 bits per heavy atom. The van der Waals surface area contributed by atoms with E-state index in [-0.39, 0.29) is 23.7 Å². The van der Waals surface area contributed by atoms with Gasteiger partial charge in [-0.3, -0.25) is 0 Å². The number of aliphatic hydroxyl groups is 1. The second kappa shape index (κ2) is 8.77. The number of benzene rings is 1. The normalized spacial score (nSPS) is 14.0. The summed E-state index contributed by atoms with van der Waals surface area (Å²) in [6.07, 6.45) is 0.144. The molecule has 0 radical (unpaired) electrons. The van der Waals surface area contributed by atoms with E-state index >= 15 is 0 Å². The van der Waals surface area contributed by atoms with Crippen LogP contribution in [0.5, 0.6) is 5.75 Å². The predicted octanol–water partition coefficient (Wildman–Crippen LogP) is 2.86. The highest BCUT2D eigenvalue weighted by molar-refractivity contribution is 5.73. The number of urea groups is 1. The Morgan fingerprint density at radius 1 is 1.30 bits per heavy atom. The first-order chi connectivity index (χ1) is 10.7. The lowest BCUT2D eigenvalue weighted by molar-refractivity contribution is 0.128. The maximum absolute atomic E-state index is 11.8. The Morgan fingerprint density at radius 2 is 2.00 bits per heavy atom. The minimum atomic E-state index is -0.377. The summed E-state index contributed by atoms with van der Waals surface area (Å²) in [5.74, 6) is 0.803. The number of ether oxygens (including phenoxy) is 1. The number of nitrogens with one attached hydrogen (secondary N) is 2. The number of hydrogen-bond donors (Lipinski definition) is 3. The summed E-state index contributed by atoms with van der Waals surface area (Å²) in [6.45, 7) is 10.7. The topological polar surface area (TPSA) is 70.6 Å². The summed E-state index contributed by atoms with van der Waals surface area (Å²) in [4.78, 5) is 11.8. The molecule has 130 valence electrons. The summed E-state index contributed by atoms with van der Waals surface area (Å²) in [7, 11) is 0. The lowest BCUT2D eigenvalue weighted by Crippen LogP contribution is -2.44. The monoisotopic (exact) mass is 322 g/mol. The zero-order chi connectivity index (χ0) is 17.5. The van der Waals surface area contributed by atoms with E-state index in [1.165, 1.54) is 0 Å². The third kappa shape index (κ3) is 8.45. The zero-order valence-electron chi connectivity index (χ0n) is 14.8. The molecule has 0 fully saturated rings. The van der Waals surface area contributed by atoms with Gasteiger partial charge < -0.3 is 20.5 Å². The molecule has 23 heavy (non-hydrogen) atoms. The van der Waals surface area contributed by atoms with Crippen molar-refractivity contribution in [2.45, 2.75) is 53.2 Å². The molecule has 0 aliphatic rings. The van der Waals surface area contributed by atoms with E-state index in [9.17, 15) is 9.90 Å². The van der Waals surface area contributed by atoms with Crippen LogP contribution < -0.4 is 15.4 Å². The summed E-state index contributed by atoms with van der Waals surface area (Å²) < 4.78 is 5.77. The van der Waals surface area contributed by atoms with E-state index in [1.54, 1.807) is 6.92 Å². The molecular formula is C18H30N2O3. The molecule has 5 heteroatoms. The Kier molecular flexibility index (Phi) is 7.36. The lowest BCUT2D eigenvalue weighted by Gasteiger charge is -2.26. The van der Waals surface area contributed by atoms with Gasteiger partial charge in [-0.2, -0.15) is 0 Å².